The fourth-order valence-corrected chi connectivity index (χ4v) is 4.45. The Balaban J connectivity index is 1.60. The molecule has 0 spiro atoms. The van der Waals surface area contributed by atoms with E-state index in [4.69, 9.17) is 11.6 Å². The lowest BCUT2D eigenvalue weighted by atomic mass is 10.2. The molecule has 4 aromatic rings. The minimum absolute atomic E-state index is 0.108. The predicted octanol–water partition coefficient (Wildman–Crippen LogP) is 0.583. The first-order valence-electron chi connectivity index (χ1n) is 12.7. The summed E-state index contributed by atoms with van der Waals surface area (Å²) in [6.07, 6.45) is -6.68. The zero-order valence-corrected chi connectivity index (χ0v) is 23.0. The van der Waals surface area contributed by atoms with E-state index >= 15 is 0 Å². The van der Waals surface area contributed by atoms with Gasteiger partial charge < -0.3 is 20.4 Å². The number of carboxylic acid groups (broad SMARTS) is 1. The van der Waals surface area contributed by atoms with Crippen molar-refractivity contribution in [2.45, 2.75) is 25.4 Å². The number of aromatic nitrogens is 7. The topological polar surface area (TPSA) is 190 Å². The average molecular weight is 636 g/mol. The molecule has 0 aliphatic carbocycles. The molecule has 1 saturated heterocycles. The average Bonchev–Trinajstić information content (AvgIpc) is 3.53. The zero-order chi connectivity index (χ0) is 31.8. The van der Waals surface area contributed by atoms with Gasteiger partial charge >= 0.3 is 17.8 Å². The Morgan fingerprint density at radius 1 is 1.11 bits per heavy atom. The molecule has 0 bridgehead atoms. The fourth-order valence-electron chi connectivity index (χ4n) is 4.33. The predicted molar refractivity (Wildman–Crippen MR) is 143 cm³/mol. The lowest BCUT2D eigenvalue weighted by molar-refractivity contribution is -0.207. The Hall–Kier alpha value is -5.10. The number of carbonyl (C=O) groups excluding carboxylic acids is 2. The van der Waals surface area contributed by atoms with Gasteiger partial charge in [-0.3, -0.25) is 14.2 Å². The van der Waals surface area contributed by atoms with E-state index in [1.54, 1.807) is 0 Å². The number of rotatable bonds is 8. The molecule has 1 fully saturated rings. The highest BCUT2D eigenvalue weighted by atomic mass is 35.5. The van der Waals surface area contributed by atoms with Crippen LogP contribution >= 0.6 is 11.6 Å². The SMILES string of the molecule is O=C1CN(C(=O)c2nc(Cn3nc(-c4ccc(Cl)cc4)n(CC(O)C(F)(F)F)c3=O)nn2-c2ncccc2C(=O)O)CCN1. The number of hydrogen-bond donors (Lipinski definition) is 3. The van der Waals surface area contributed by atoms with E-state index in [0.717, 1.165) is 14.3 Å². The minimum Gasteiger partial charge on any atom is -0.478 e. The molecule has 4 heterocycles. The van der Waals surface area contributed by atoms with Crippen LogP contribution in [0.15, 0.2) is 47.4 Å². The number of aliphatic hydroxyl groups is 1. The van der Waals surface area contributed by atoms with Gasteiger partial charge in [0.2, 0.25) is 11.7 Å². The van der Waals surface area contributed by atoms with Crippen molar-refractivity contribution in [2.24, 2.45) is 0 Å². The molecule has 1 aliphatic heterocycles. The molecule has 1 unspecified atom stereocenters. The highest BCUT2D eigenvalue weighted by molar-refractivity contribution is 6.30. The number of aliphatic hydroxyl groups excluding tert-OH is 1. The Morgan fingerprint density at radius 3 is 2.50 bits per heavy atom. The number of halogens is 4. The second-order valence-corrected chi connectivity index (χ2v) is 9.89. The number of aromatic carboxylic acids is 1. The summed E-state index contributed by atoms with van der Waals surface area (Å²) >= 11 is 5.92. The number of benzene rings is 1. The Kier molecular flexibility index (Phi) is 8.20. The van der Waals surface area contributed by atoms with Gasteiger partial charge in [-0.25, -0.2) is 24.2 Å². The summed E-state index contributed by atoms with van der Waals surface area (Å²) in [5, 5.41) is 30.6. The number of pyridine rings is 1. The normalized spacial score (nSPS) is 14.4. The number of nitrogens with one attached hydrogen (secondary N) is 1. The van der Waals surface area contributed by atoms with Crippen LogP contribution in [0, 0.1) is 0 Å². The van der Waals surface area contributed by atoms with Gasteiger partial charge in [-0.2, -0.15) is 17.9 Å². The lowest BCUT2D eigenvalue weighted by Gasteiger charge is -2.26. The smallest absolute Gasteiger partial charge is 0.416 e. The zero-order valence-electron chi connectivity index (χ0n) is 22.3. The number of carboxylic acids is 1. The van der Waals surface area contributed by atoms with Crippen molar-refractivity contribution < 1.29 is 37.8 Å². The van der Waals surface area contributed by atoms with Crippen molar-refractivity contribution in [3.63, 3.8) is 0 Å². The van der Waals surface area contributed by atoms with E-state index in [1.165, 1.54) is 42.6 Å². The molecule has 1 aliphatic rings. The number of carbonyl (C=O) groups is 3. The fraction of sp³-hybridized carbons (Fsp3) is 0.280. The van der Waals surface area contributed by atoms with Crippen molar-refractivity contribution in [3.8, 4) is 17.2 Å². The molecule has 19 heteroatoms. The molecular formula is C25H21ClF3N9O6. The molecule has 230 valence electrons. The molecule has 2 amide bonds. The van der Waals surface area contributed by atoms with Crippen LogP contribution in [-0.2, 0) is 17.9 Å². The summed E-state index contributed by atoms with van der Waals surface area (Å²) < 4.78 is 41.9. The molecule has 0 radical (unpaired) electrons. The maximum absolute atomic E-state index is 13.5. The van der Waals surface area contributed by atoms with Crippen LogP contribution in [0.4, 0.5) is 13.2 Å². The van der Waals surface area contributed by atoms with E-state index in [1.807, 2.05) is 0 Å². The van der Waals surface area contributed by atoms with Crippen molar-refractivity contribution in [2.75, 3.05) is 19.6 Å². The van der Waals surface area contributed by atoms with E-state index in [9.17, 15) is 42.6 Å². The highest BCUT2D eigenvalue weighted by Gasteiger charge is 2.39. The highest BCUT2D eigenvalue weighted by Crippen LogP contribution is 2.24. The molecule has 3 aromatic heterocycles. The number of nitrogens with zero attached hydrogens (tertiary/aromatic N) is 8. The molecule has 1 aromatic carbocycles. The first-order chi connectivity index (χ1) is 20.8. The van der Waals surface area contributed by atoms with Crippen LogP contribution in [0.1, 0.15) is 26.8 Å². The standard InChI is InChI=1S/C25H21ClF3N9O6/c26-14-5-3-13(4-6-14)19-34-37(24(44)36(19)10-16(39)25(27,28)29)11-17-32-21(22(41)35-9-8-30-18(40)12-35)38(33-17)20-15(23(42)43)2-1-7-31-20/h1-7,16,39H,8-12H2,(H,30,40)(H,42,43). The Morgan fingerprint density at radius 2 is 1.84 bits per heavy atom. The Bertz CT molecular complexity index is 1800. The molecule has 5 rings (SSSR count). The van der Waals surface area contributed by atoms with E-state index in [0.29, 0.717) is 9.59 Å². The molecular weight excluding hydrogens is 615 g/mol. The van der Waals surface area contributed by atoms with E-state index in [-0.39, 0.29) is 48.2 Å². The summed E-state index contributed by atoms with van der Waals surface area (Å²) in [4.78, 5) is 60.0. The van der Waals surface area contributed by atoms with Crippen molar-refractivity contribution in [3.05, 3.63) is 75.3 Å². The van der Waals surface area contributed by atoms with Crippen LogP contribution < -0.4 is 11.0 Å². The molecule has 3 N–H and O–H groups in total. The number of hydrogen-bond acceptors (Lipinski definition) is 9. The van der Waals surface area contributed by atoms with Gasteiger partial charge in [0.25, 0.3) is 5.91 Å². The van der Waals surface area contributed by atoms with Crippen LogP contribution in [0.3, 0.4) is 0 Å². The summed E-state index contributed by atoms with van der Waals surface area (Å²) in [7, 11) is 0. The van der Waals surface area contributed by atoms with Crippen LogP contribution in [0.25, 0.3) is 17.2 Å². The van der Waals surface area contributed by atoms with Gasteiger partial charge in [-0.1, -0.05) is 11.6 Å². The lowest BCUT2D eigenvalue weighted by Crippen LogP contribution is -2.50. The summed E-state index contributed by atoms with van der Waals surface area (Å²) in [6.45, 7) is -1.82. The maximum atomic E-state index is 13.5. The van der Waals surface area contributed by atoms with Crippen LogP contribution in [-0.4, -0.2) is 98.9 Å². The first kappa shape index (κ1) is 30.4. The van der Waals surface area contributed by atoms with Crippen molar-refractivity contribution in [1.82, 2.24) is 44.3 Å². The van der Waals surface area contributed by atoms with Gasteiger partial charge in [0, 0.05) is 29.9 Å². The van der Waals surface area contributed by atoms with Gasteiger partial charge in [0.1, 0.15) is 18.7 Å². The summed E-state index contributed by atoms with van der Waals surface area (Å²) in [5.41, 5.74) is -1.21. The Labute approximate surface area is 249 Å². The maximum Gasteiger partial charge on any atom is 0.416 e. The van der Waals surface area contributed by atoms with Gasteiger partial charge in [0.05, 0.1) is 6.54 Å². The van der Waals surface area contributed by atoms with Crippen molar-refractivity contribution >= 4 is 29.4 Å². The number of alkyl halides is 3. The molecule has 1 atom stereocenters. The first-order valence-corrected chi connectivity index (χ1v) is 13.1. The van der Waals surface area contributed by atoms with Gasteiger partial charge in [0.15, 0.2) is 23.6 Å². The molecule has 44 heavy (non-hydrogen) atoms. The van der Waals surface area contributed by atoms with Crippen LogP contribution in [0.5, 0.6) is 0 Å². The quantitative estimate of drug-likeness (QED) is 0.247. The van der Waals surface area contributed by atoms with Gasteiger partial charge in [-0.05, 0) is 36.4 Å². The number of amides is 2. The number of piperazine rings is 1. The largest absolute Gasteiger partial charge is 0.478 e. The van der Waals surface area contributed by atoms with Gasteiger partial charge in [-0.15, -0.1) is 10.2 Å². The molecule has 0 saturated carbocycles. The van der Waals surface area contributed by atoms with Crippen molar-refractivity contribution in [1.29, 1.82) is 0 Å². The second kappa shape index (κ2) is 11.9. The third kappa shape index (κ3) is 6.16. The minimum atomic E-state index is -5.04. The van der Waals surface area contributed by atoms with E-state index < -0.39 is 54.7 Å². The third-order valence-electron chi connectivity index (χ3n) is 6.44. The summed E-state index contributed by atoms with van der Waals surface area (Å²) in [5.74, 6) is -3.86. The molecule has 15 nitrogen and oxygen atoms in total. The van der Waals surface area contributed by atoms with E-state index in [2.05, 4.69) is 25.5 Å². The summed E-state index contributed by atoms with van der Waals surface area (Å²) in [6, 6.07) is 8.25. The monoisotopic (exact) mass is 635 g/mol. The second-order valence-electron chi connectivity index (χ2n) is 9.46. The van der Waals surface area contributed by atoms with Crippen LogP contribution in [0.2, 0.25) is 5.02 Å². The third-order valence-corrected chi connectivity index (χ3v) is 6.69.